The Bertz CT molecular complexity index is 526. The first kappa shape index (κ1) is 10.5. The monoisotopic (exact) mass is 214 g/mol. The number of rotatable bonds is 2. The molecule has 1 aromatic heterocycles. The Hall–Kier alpha value is -2.03. The highest BCUT2D eigenvalue weighted by molar-refractivity contribution is 5.80. The van der Waals surface area contributed by atoms with Gasteiger partial charge in [0.2, 0.25) is 0 Å². The molecule has 0 fully saturated rings. The molecule has 1 heterocycles. The van der Waals surface area contributed by atoms with Crippen LogP contribution in [0, 0.1) is 6.92 Å². The van der Waals surface area contributed by atoms with E-state index in [-0.39, 0.29) is 5.75 Å². The Morgan fingerprint density at radius 1 is 1.25 bits per heavy atom. The first-order chi connectivity index (χ1) is 7.66. The van der Waals surface area contributed by atoms with Crippen LogP contribution in [0.4, 0.5) is 5.69 Å². The molecule has 0 amide bonds. The van der Waals surface area contributed by atoms with E-state index in [2.05, 4.69) is 9.56 Å². The maximum atomic E-state index is 9.29. The third-order valence-corrected chi connectivity index (χ3v) is 2.59. The van der Waals surface area contributed by atoms with E-state index in [1.54, 1.807) is 24.4 Å². The smallest absolute Gasteiger partial charge is 0.117 e. The first-order valence-electron chi connectivity index (χ1n) is 5.12. The van der Waals surface area contributed by atoms with Gasteiger partial charge >= 0.3 is 0 Å². The maximum Gasteiger partial charge on any atom is 0.117 e. The summed E-state index contributed by atoms with van der Waals surface area (Å²) in [7, 11) is 2.00. The van der Waals surface area contributed by atoms with Gasteiger partial charge in [-0.25, -0.2) is 0 Å². The minimum Gasteiger partial charge on any atom is -0.508 e. The maximum absolute atomic E-state index is 9.29. The van der Waals surface area contributed by atoms with Crippen LogP contribution in [0.15, 0.2) is 41.4 Å². The third kappa shape index (κ3) is 2.14. The van der Waals surface area contributed by atoms with Crippen LogP contribution in [0.2, 0.25) is 0 Å². The third-order valence-electron chi connectivity index (χ3n) is 2.59. The molecule has 0 saturated carbocycles. The highest BCUT2D eigenvalue weighted by atomic mass is 16.3. The fourth-order valence-electron chi connectivity index (χ4n) is 1.48. The van der Waals surface area contributed by atoms with Crippen molar-refractivity contribution in [3.05, 3.63) is 47.8 Å². The number of aryl methyl sites for hydroxylation is 1. The summed E-state index contributed by atoms with van der Waals surface area (Å²) in [6, 6.07) is 11.0. The molecule has 2 aromatic rings. The van der Waals surface area contributed by atoms with Gasteiger partial charge in [0.1, 0.15) is 5.75 Å². The van der Waals surface area contributed by atoms with E-state index >= 15 is 0 Å². The summed E-state index contributed by atoms with van der Waals surface area (Å²) in [6.07, 6.45) is 1.79. The van der Waals surface area contributed by atoms with E-state index in [4.69, 9.17) is 0 Å². The molecule has 0 unspecified atom stereocenters. The summed E-state index contributed by atoms with van der Waals surface area (Å²) >= 11 is 0. The zero-order valence-corrected chi connectivity index (χ0v) is 9.38. The number of aromatic hydroxyl groups is 1. The zero-order valence-electron chi connectivity index (χ0n) is 9.38. The zero-order chi connectivity index (χ0) is 11.5. The lowest BCUT2D eigenvalue weighted by molar-refractivity contribution is 0.475. The minimum absolute atomic E-state index is 0.234. The molecule has 0 radical (unpaired) electrons. The summed E-state index contributed by atoms with van der Waals surface area (Å²) in [4.78, 5) is 4.31. The predicted molar refractivity (Wildman–Crippen MR) is 65.5 cm³/mol. The number of aliphatic imine (C=N–C) groups is 1. The van der Waals surface area contributed by atoms with Crippen molar-refractivity contribution in [2.45, 2.75) is 6.92 Å². The van der Waals surface area contributed by atoms with Crippen LogP contribution in [-0.4, -0.2) is 15.9 Å². The van der Waals surface area contributed by atoms with Gasteiger partial charge in [0.05, 0.1) is 17.6 Å². The molecule has 0 atom stereocenters. The normalized spacial score (nSPS) is 11.1. The van der Waals surface area contributed by atoms with Crippen LogP contribution >= 0.6 is 0 Å². The molecular formula is C13H14N2O. The molecule has 0 saturated heterocycles. The Balaban J connectivity index is 2.24. The summed E-state index contributed by atoms with van der Waals surface area (Å²) in [5, 5.41) is 9.29. The molecule has 0 aliphatic rings. The van der Waals surface area contributed by atoms with Crippen molar-refractivity contribution in [1.82, 2.24) is 4.57 Å². The molecule has 0 bridgehead atoms. The highest BCUT2D eigenvalue weighted by Gasteiger charge is 1.97. The largest absolute Gasteiger partial charge is 0.508 e. The van der Waals surface area contributed by atoms with Gasteiger partial charge in [-0.15, -0.1) is 0 Å². The molecule has 1 aromatic carbocycles. The SMILES string of the molecule is Cc1ccc(C=Nc2cccc(O)c2)n1C. The van der Waals surface area contributed by atoms with E-state index in [0.29, 0.717) is 0 Å². The first-order valence-corrected chi connectivity index (χ1v) is 5.12. The standard InChI is InChI=1S/C13H14N2O/c1-10-6-7-12(15(10)2)9-14-11-4-3-5-13(16)8-11/h3-9,16H,1-2H3. The molecule has 1 N–H and O–H groups in total. The topological polar surface area (TPSA) is 37.5 Å². The molecule has 0 spiro atoms. The summed E-state index contributed by atoms with van der Waals surface area (Å²) in [5.74, 6) is 0.234. The molecule has 3 heteroatoms. The van der Waals surface area contributed by atoms with Crippen molar-refractivity contribution in [3.63, 3.8) is 0 Å². The number of hydrogen-bond acceptors (Lipinski definition) is 2. The van der Waals surface area contributed by atoms with Crippen molar-refractivity contribution >= 4 is 11.9 Å². The van der Waals surface area contributed by atoms with E-state index < -0.39 is 0 Å². The van der Waals surface area contributed by atoms with E-state index in [1.807, 2.05) is 32.2 Å². The van der Waals surface area contributed by atoms with Crippen molar-refractivity contribution in [2.75, 3.05) is 0 Å². The summed E-state index contributed by atoms with van der Waals surface area (Å²) < 4.78 is 2.06. The number of hydrogen-bond donors (Lipinski definition) is 1. The van der Waals surface area contributed by atoms with Crippen LogP contribution in [0.5, 0.6) is 5.75 Å². The quantitative estimate of drug-likeness (QED) is 0.767. The van der Waals surface area contributed by atoms with Gasteiger partial charge in [-0.1, -0.05) is 6.07 Å². The van der Waals surface area contributed by atoms with Gasteiger partial charge in [-0.2, -0.15) is 0 Å². The number of aromatic nitrogens is 1. The second-order valence-electron chi connectivity index (χ2n) is 3.74. The number of benzene rings is 1. The average molecular weight is 214 g/mol. The van der Waals surface area contributed by atoms with Crippen LogP contribution in [0.25, 0.3) is 0 Å². The van der Waals surface area contributed by atoms with Crippen molar-refractivity contribution in [2.24, 2.45) is 12.0 Å². The molecule has 0 aliphatic carbocycles. The lowest BCUT2D eigenvalue weighted by Gasteiger charge is -1.99. The molecule has 0 aliphatic heterocycles. The Morgan fingerprint density at radius 2 is 2.06 bits per heavy atom. The minimum atomic E-state index is 0.234. The van der Waals surface area contributed by atoms with Gasteiger partial charge in [0.15, 0.2) is 0 Å². The van der Waals surface area contributed by atoms with Crippen LogP contribution < -0.4 is 0 Å². The van der Waals surface area contributed by atoms with Crippen molar-refractivity contribution in [3.8, 4) is 5.75 Å². The number of phenolic OH excluding ortho intramolecular Hbond substituents is 1. The van der Waals surface area contributed by atoms with Gasteiger partial charge in [-0.05, 0) is 31.2 Å². The molecule has 2 rings (SSSR count). The van der Waals surface area contributed by atoms with E-state index in [9.17, 15) is 5.11 Å². The Kier molecular flexibility index (Phi) is 2.77. The van der Waals surface area contributed by atoms with Gasteiger partial charge in [-0.3, -0.25) is 4.99 Å². The van der Waals surface area contributed by atoms with Crippen LogP contribution in [0.3, 0.4) is 0 Å². The van der Waals surface area contributed by atoms with E-state index in [1.165, 1.54) is 5.69 Å². The van der Waals surface area contributed by atoms with Gasteiger partial charge in [0.25, 0.3) is 0 Å². The van der Waals surface area contributed by atoms with Crippen LogP contribution in [-0.2, 0) is 7.05 Å². The highest BCUT2D eigenvalue weighted by Crippen LogP contribution is 2.18. The summed E-state index contributed by atoms with van der Waals surface area (Å²) in [5.41, 5.74) is 2.98. The molecular weight excluding hydrogens is 200 g/mol. The lowest BCUT2D eigenvalue weighted by atomic mass is 10.3. The van der Waals surface area contributed by atoms with Gasteiger partial charge in [0, 0.05) is 18.8 Å². The number of nitrogens with zero attached hydrogens (tertiary/aromatic N) is 2. The lowest BCUT2D eigenvalue weighted by Crippen LogP contribution is -1.96. The second-order valence-corrected chi connectivity index (χ2v) is 3.74. The van der Waals surface area contributed by atoms with E-state index in [0.717, 1.165) is 11.4 Å². The fourth-order valence-corrected chi connectivity index (χ4v) is 1.48. The molecule has 3 nitrogen and oxygen atoms in total. The second kappa shape index (κ2) is 4.23. The Morgan fingerprint density at radius 3 is 2.69 bits per heavy atom. The predicted octanol–water partition coefficient (Wildman–Crippen LogP) is 2.79. The molecule has 82 valence electrons. The van der Waals surface area contributed by atoms with Crippen LogP contribution in [0.1, 0.15) is 11.4 Å². The average Bonchev–Trinajstić information content (AvgIpc) is 2.57. The van der Waals surface area contributed by atoms with Gasteiger partial charge < -0.3 is 9.67 Å². The fraction of sp³-hybridized carbons (Fsp3) is 0.154. The van der Waals surface area contributed by atoms with Crippen molar-refractivity contribution < 1.29 is 5.11 Å². The number of phenols is 1. The Labute approximate surface area is 94.7 Å². The summed E-state index contributed by atoms with van der Waals surface area (Å²) in [6.45, 7) is 2.05. The molecule has 16 heavy (non-hydrogen) atoms. The van der Waals surface area contributed by atoms with Crippen molar-refractivity contribution in [1.29, 1.82) is 0 Å².